The maximum Gasteiger partial charge on any atom is 0.262 e. The molecule has 0 bridgehead atoms. The highest BCUT2D eigenvalue weighted by Crippen LogP contribution is 2.23. The fourth-order valence-corrected chi connectivity index (χ4v) is 3.09. The Hall–Kier alpha value is -0.610. The molecule has 0 saturated heterocycles. The Labute approximate surface area is 102 Å². The van der Waals surface area contributed by atoms with E-state index in [0.29, 0.717) is 6.04 Å². The second kappa shape index (κ2) is 4.94. The minimum Gasteiger partial charge on any atom is -0.348 e. The van der Waals surface area contributed by atoms with Crippen molar-refractivity contribution in [3.63, 3.8) is 0 Å². The van der Waals surface area contributed by atoms with Crippen LogP contribution in [0, 0.1) is 0 Å². The third kappa shape index (κ3) is 2.69. The largest absolute Gasteiger partial charge is 0.348 e. The number of thiophene rings is 1. The highest BCUT2D eigenvalue weighted by Gasteiger charge is 2.16. The fraction of sp³-hybridized carbons (Fsp3) is 0.364. The lowest BCUT2D eigenvalue weighted by molar-refractivity contribution is 0.0938. The zero-order valence-electron chi connectivity index (χ0n) is 8.20. The molecular weight excluding hydrogens is 274 g/mol. The molecule has 0 spiro atoms. The van der Waals surface area contributed by atoms with Crippen molar-refractivity contribution in [2.45, 2.75) is 25.3 Å². The maximum atomic E-state index is 11.8. The van der Waals surface area contributed by atoms with Crippen LogP contribution >= 0.6 is 27.3 Å². The average Bonchev–Trinajstić information content (AvgIpc) is 2.66. The van der Waals surface area contributed by atoms with E-state index in [1.807, 2.05) is 11.4 Å². The molecule has 1 aromatic heterocycles. The van der Waals surface area contributed by atoms with Crippen LogP contribution in [0.3, 0.4) is 0 Å². The number of rotatable bonds is 2. The summed E-state index contributed by atoms with van der Waals surface area (Å²) in [7, 11) is 0. The molecule has 0 saturated carbocycles. The van der Waals surface area contributed by atoms with Gasteiger partial charge in [-0.15, -0.1) is 11.3 Å². The Morgan fingerprint density at radius 3 is 3.00 bits per heavy atom. The van der Waals surface area contributed by atoms with E-state index in [4.69, 9.17) is 0 Å². The normalized spacial score (nSPS) is 20.2. The third-order valence-electron chi connectivity index (χ3n) is 2.43. The Bertz CT molecular complexity index is 386. The van der Waals surface area contributed by atoms with Crippen LogP contribution < -0.4 is 5.32 Å². The standard InChI is InChI=1S/C11H12BrNOS/c12-9-6-7-15-10(9)11(14)13-8-4-2-1-3-5-8/h1-2,6-8H,3-5H2,(H,13,14). The molecule has 80 valence electrons. The number of carbonyl (C=O) groups is 1. The SMILES string of the molecule is O=C(NC1CC=CCC1)c1sccc1Br. The van der Waals surface area contributed by atoms with Gasteiger partial charge < -0.3 is 5.32 Å². The van der Waals surface area contributed by atoms with Crippen LogP contribution in [0.25, 0.3) is 0 Å². The summed E-state index contributed by atoms with van der Waals surface area (Å²) in [5.74, 6) is 0.0391. The molecule has 2 nitrogen and oxygen atoms in total. The van der Waals surface area contributed by atoms with Crippen molar-refractivity contribution in [3.05, 3.63) is 32.9 Å². The summed E-state index contributed by atoms with van der Waals surface area (Å²) in [6.07, 6.45) is 7.37. The summed E-state index contributed by atoms with van der Waals surface area (Å²) >= 11 is 4.84. The quantitative estimate of drug-likeness (QED) is 0.830. The minimum absolute atomic E-state index is 0.0391. The molecule has 1 atom stereocenters. The van der Waals surface area contributed by atoms with E-state index in [-0.39, 0.29) is 5.91 Å². The number of halogens is 1. The van der Waals surface area contributed by atoms with E-state index in [9.17, 15) is 4.79 Å². The van der Waals surface area contributed by atoms with E-state index < -0.39 is 0 Å². The van der Waals surface area contributed by atoms with Crippen LogP contribution in [0.5, 0.6) is 0 Å². The van der Waals surface area contributed by atoms with E-state index in [1.54, 1.807) is 0 Å². The topological polar surface area (TPSA) is 29.1 Å². The van der Waals surface area contributed by atoms with Gasteiger partial charge in [-0.2, -0.15) is 0 Å². The molecule has 1 N–H and O–H groups in total. The first-order valence-electron chi connectivity index (χ1n) is 4.96. The predicted octanol–water partition coefficient (Wildman–Crippen LogP) is 3.35. The van der Waals surface area contributed by atoms with Crippen LogP contribution in [0.2, 0.25) is 0 Å². The molecule has 1 heterocycles. The first-order valence-corrected chi connectivity index (χ1v) is 6.63. The van der Waals surface area contributed by atoms with Crippen molar-refractivity contribution in [1.29, 1.82) is 0 Å². The van der Waals surface area contributed by atoms with Crippen LogP contribution in [-0.4, -0.2) is 11.9 Å². The number of amides is 1. The molecule has 1 unspecified atom stereocenters. The van der Waals surface area contributed by atoms with Gasteiger partial charge >= 0.3 is 0 Å². The monoisotopic (exact) mass is 285 g/mol. The first kappa shape index (κ1) is 10.9. The molecule has 0 radical (unpaired) electrons. The highest BCUT2D eigenvalue weighted by atomic mass is 79.9. The smallest absolute Gasteiger partial charge is 0.262 e. The lowest BCUT2D eigenvalue weighted by Crippen LogP contribution is -2.34. The van der Waals surface area contributed by atoms with Crippen molar-refractivity contribution >= 4 is 33.2 Å². The number of carbonyl (C=O) groups excluding carboxylic acids is 1. The minimum atomic E-state index is 0.0391. The van der Waals surface area contributed by atoms with Gasteiger partial charge in [0, 0.05) is 10.5 Å². The molecule has 0 fully saturated rings. The lowest BCUT2D eigenvalue weighted by atomic mass is 10.0. The Morgan fingerprint density at radius 2 is 2.40 bits per heavy atom. The highest BCUT2D eigenvalue weighted by molar-refractivity contribution is 9.10. The van der Waals surface area contributed by atoms with Crippen LogP contribution in [-0.2, 0) is 0 Å². The number of allylic oxidation sites excluding steroid dienone is 1. The van der Waals surface area contributed by atoms with Crippen molar-refractivity contribution in [2.75, 3.05) is 0 Å². The number of hydrogen-bond acceptors (Lipinski definition) is 2. The summed E-state index contributed by atoms with van der Waals surface area (Å²) in [4.78, 5) is 12.6. The van der Waals surface area contributed by atoms with Gasteiger partial charge in [0.2, 0.25) is 0 Å². The molecule has 1 amide bonds. The van der Waals surface area contributed by atoms with Crippen molar-refractivity contribution in [1.82, 2.24) is 5.32 Å². The molecule has 1 aliphatic rings. The summed E-state index contributed by atoms with van der Waals surface area (Å²) < 4.78 is 0.886. The van der Waals surface area contributed by atoms with E-state index >= 15 is 0 Å². The van der Waals surface area contributed by atoms with Gasteiger partial charge in [0.25, 0.3) is 5.91 Å². The maximum absolute atomic E-state index is 11.8. The van der Waals surface area contributed by atoms with Crippen molar-refractivity contribution in [3.8, 4) is 0 Å². The van der Waals surface area contributed by atoms with Crippen LogP contribution in [0.1, 0.15) is 28.9 Å². The Balaban J connectivity index is 1.98. The van der Waals surface area contributed by atoms with Crippen molar-refractivity contribution < 1.29 is 4.79 Å². The average molecular weight is 286 g/mol. The molecule has 15 heavy (non-hydrogen) atoms. The summed E-state index contributed by atoms with van der Waals surface area (Å²) in [6.45, 7) is 0. The van der Waals surface area contributed by atoms with Crippen molar-refractivity contribution in [2.24, 2.45) is 0 Å². The van der Waals surface area contributed by atoms with Gasteiger partial charge in [0.1, 0.15) is 4.88 Å². The van der Waals surface area contributed by atoms with E-state index in [2.05, 4.69) is 33.4 Å². The zero-order chi connectivity index (χ0) is 10.7. The summed E-state index contributed by atoms with van der Waals surface area (Å²) in [6, 6.07) is 2.21. The second-order valence-electron chi connectivity index (χ2n) is 3.55. The molecule has 2 rings (SSSR count). The number of hydrogen-bond donors (Lipinski definition) is 1. The Morgan fingerprint density at radius 1 is 1.53 bits per heavy atom. The van der Waals surface area contributed by atoms with Gasteiger partial charge in [0.15, 0.2) is 0 Å². The molecule has 0 aromatic carbocycles. The number of nitrogens with one attached hydrogen (secondary N) is 1. The molecular formula is C11H12BrNOS. The van der Waals surface area contributed by atoms with Gasteiger partial charge in [-0.05, 0) is 46.6 Å². The van der Waals surface area contributed by atoms with E-state index in [1.165, 1.54) is 11.3 Å². The van der Waals surface area contributed by atoms with Crippen LogP contribution in [0.15, 0.2) is 28.1 Å². The van der Waals surface area contributed by atoms with Gasteiger partial charge in [-0.1, -0.05) is 12.2 Å². The van der Waals surface area contributed by atoms with Crippen LogP contribution in [0.4, 0.5) is 0 Å². The molecule has 1 aliphatic carbocycles. The first-order chi connectivity index (χ1) is 7.27. The summed E-state index contributed by atoms with van der Waals surface area (Å²) in [5.41, 5.74) is 0. The summed E-state index contributed by atoms with van der Waals surface area (Å²) in [5, 5.41) is 4.97. The predicted molar refractivity (Wildman–Crippen MR) is 66.3 cm³/mol. The molecule has 1 aromatic rings. The van der Waals surface area contributed by atoms with Gasteiger partial charge in [-0.3, -0.25) is 4.79 Å². The second-order valence-corrected chi connectivity index (χ2v) is 5.32. The molecule has 4 heteroatoms. The van der Waals surface area contributed by atoms with Gasteiger partial charge in [0.05, 0.1) is 0 Å². The third-order valence-corrected chi connectivity index (χ3v) is 4.26. The zero-order valence-corrected chi connectivity index (χ0v) is 10.6. The fourth-order valence-electron chi connectivity index (χ4n) is 1.63. The Kier molecular flexibility index (Phi) is 3.59. The molecule has 0 aliphatic heterocycles. The van der Waals surface area contributed by atoms with Gasteiger partial charge in [-0.25, -0.2) is 0 Å². The lowest BCUT2D eigenvalue weighted by Gasteiger charge is -2.18. The van der Waals surface area contributed by atoms with E-state index in [0.717, 1.165) is 28.6 Å².